The van der Waals surface area contributed by atoms with Gasteiger partial charge >= 0.3 is 0 Å². The van der Waals surface area contributed by atoms with E-state index in [1.165, 1.54) is 5.56 Å². The van der Waals surface area contributed by atoms with Crippen LogP contribution in [0, 0.1) is 5.92 Å². The summed E-state index contributed by atoms with van der Waals surface area (Å²) in [5.74, 6) is 0.292. The Morgan fingerprint density at radius 1 is 1.39 bits per heavy atom. The molecule has 3 heteroatoms. The highest BCUT2D eigenvalue weighted by molar-refractivity contribution is 5.14. The van der Waals surface area contributed by atoms with Crippen molar-refractivity contribution in [2.45, 2.75) is 31.9 Å². The van der Waals surface area contributed by atoms with E-state index in [-0.39, 0.29) is 0 Å². The minimum atomic E-state index is -0.651. The number of likely N-dealkylation sites (tertiary alicyclic amines) is 1. The molecule has 0 bridgehead atoms. The Bertz CT molecular complexity index is 368. The van der Waals surface area contributed by atoms with E-state index in [2.05, 4.69) is 36.1 Å². The smallest absolute Gasteiger partial charge is 0.0821 e. The van der Waals surface area contributed by atoms with Crippen LogP contribution in [0.3, 0.4) is 0 Å². The van der Waals surface area contributed by atoms with Crippen LogP contribution in [-0.2, 0) is 6.54 Å². The summed E-state index contributed by atoms with van der Waals surface area (Å²) in [6.45, 7) is 5.36. The highest BCUT2D eigenvalue weighted by atomic mass is 16.3. The molecule has 1 aromatic rings. The van der Waals surface area contributed by atoms with E-state index >= 15 is 0 Å². The summed E-state index contributed by atoms with van der Waals surface area (Å²) in [6.07, 6.45) is 1.77. The largest absolute Gasteiger partial charge is 0.388 e. The summed E-state index contributed by atoms with van der Waals surface area (Å²) >= 11 is 0. The third kappa shape index (κ3) is 2.91. The van der Waals surface area contributed by atoms with Gasteiger partial charge in [0, 0.05) is 32.1 Å². The molecule has 100 valence electrons. The van der Waals surface area contributed by atoms with E-state index in [0.29, 0.717) is 12.5 Å². The van der Waals surface area contributed by atoms with E-state index < -0.39 is 5.60 Å². The number of aliphatic hydroxyl groups is 1. The first-order valence-corrected chi connectivity index (χ1v) is 6.86. The van der Waals surface area contributed by atoms with Crippen molar-refractivity contribution in [2.75, 3.05) is 19.6 Å². The lowest BCUT2D eigenvalue weighted by Crippen LogP contribution is -2.55. The molecule has 0 aliphatic carbocycles. The van der Waals surface area contributed by atoms with Crippen molar-refractivity contribution in [3.63, 3.8) is 0 Å². The predicted molar refractivity (Wildman–Crippen MR) is 74.1 cm³/mol. The van der Waals surface area contributed by atoms with Crippen molar-refractivity contribution in [1.82, 2.24) is 4.90 Å². The number of benzene rings is 1. The Balaban J connectivity index is 1.98. The number of hydrogen-bond acceptors (Lipinski definition) is 3. The van der Waals surface area contributed by atoms with Crippen molar-refractivity contribution < 1.29 is 5.11 Å². The van der Waals surface area contributed by atoms with Crippen LogP contribution in [0.2, 0.25) is 0 Å². The molecule has 0 radical (unpaired) electrons. The molecule has 0 saturated carbocycles. The van der Waals surface area contributed by atoms with E-state index in [9.17, 15) is 5.11 Å². The van der Waals surface area contributed by atoms with Gasteiger partial charge in [-0.15, -0.1) is 0 Å². The lowest BCUT2D eigenvalue weighted by molar-refractivity contribution is -0.0678. The molecule has 0 aromatic heterocycles. The van der Waals surface area contributed by atoms with Crippen LogP contribution in [-0.4, -0.2) is 35.2 Å². The second-order valence-corrected chi connectivity index (χ2v) is 5.38. The lowest BCUT2D eigenvalue weighted by atomic mass is 9.79. The van der Waals surface area contributed by atoms with Crippen molar-refractivity contribution in [3.05, 3.63) is 35.9 Å². The summed E-state index contributed by atoms with van der Waals surface area (Å²) in [7, 11) is 0. The van der Waals surface area contributed by atoms with Gasteiger partial charge in [0.15, 0.2) is 0 Å². The summed E-state index contributed by atoms with van der Waals surface area (Å²) in [5.41, 5.74) is 6.42. The summed E-state index contributed by atoms with van der Waals surface area (Å²) in [4.78, 5) is 2.42. The monoisotopic (exact) mass is 248 g/mol. The molecule has 0 amide bonds. The molecule has 18 heavy (non-hydrogen) atoms. The fourth-order valence-electron chi connectivity index (χ4n) is 2.89. The van der Waals surface area contributed by atoms with Crippen molar-refractivity contribution >= 4 is 0 Å². The van der Waals surface area contributed by atoms with Gasteiger partial charge in [0.2, 0.25) is 0 Å². The second-order valence-electron chi connectivity index (χ2n) is 5.38. The molecule has 3 nitrogen and oxygen atoms in total. The maximum Gasteiger partial charge on any atom is 0.0821 e. The van der Waals surface area contributed by atoms with Gasteiger partial charge in [0.25, 0.3) is 0 Å². The number of nitrogens with zero attached hydrogens (tertiary/aromatic N) is 1. The zero-order valence-electron chi connectivity index (χ0n) is 11.2. The molecule has 0 spiro atoms. The Morgan fingerprint density at radius 2 is 2.11 bits per heavy atom. The molecular formula is C15H24N2O. The Labute approximate surface area is 110 Å². The SMILES string of the molecule is CC[C@@H]1CN(Cc2ccccc2)CC[C@]1(O)CN. The Hall–Kier alpha value is -0.900. The van der Waals surface area contributed by atoms with E-state index in [4.69, 9.17) is 5.73 Å². The van der Waals surface area contributed by atoms with Gasteiger partial charge in [-0.05, 0) is 18.4 Å². The maximum absolute atomic E-state index is 10.5. The average Bonchev–Trinajstić information content (AvgIpc) is 2.42. The third-order valence-electron chi connectivity index (χ3n) is 4.19. The molecule has 2 rings (SSSR count). The molecule has 2 atom stereocenters. The van der Waals surface area contributed by atoms with Crippen LogP contribution in [0.15, 0.2) is 30.3 Å². The van der Waals surface area contributed by atoms with E-state index in [1.807, 2.05) is 6.07 Å². The van der Waals surface area contributed by atoms with Crippen LogP contribution in [0.1, 0.15) is 25.3 Å². The molecule has 1 fully saturated rings. The first-order chi connectivity index (χ1) is 8.68. The van der Waals surface area contributed by atoms with Gasteiger partial charge in [0.1, 0.15) is 0 Å². The van der Waals surface area contributed by atoms with Crippen molar-refractivity contribution in [3.8, 4) is 0 Å². The van der Waals surface area contributed by atoms with Crippen molar-refractivity contribution in [2.24, 2.45) is 11.7 Å². The predicted octanol–water partition coefficient (Wildman–Crippen LogP) is 1.61. The van der Waals surface area contributed by atoms with Crippen LogP contribution < -0.4 is 5.73 Å². The minimum Gasteiger partial charge on any atom is -0.388 e. The van der Waals surface area contributed by atoms with Gasteiger partial charge in [-0.25, -0.2) is 0 Å². The molecule has 1 aliphatic heterocycles. The summed E-state index contributed by atoms with van der Waals surface area (Å²) < 4.78 is 0. The number of rotatable bonds is 4. The standard InChI is InChI=1S/C15H24N2O/c1-2-14-11-17(9-8-15(14,18)12-16)10-13-6-4-3-5-7-13/h3-7,14,18H,2,8-12,16H2,1H3/t14-,15+/m1/s1. The first kappa shape index (κ1) is 13.5. The topological polar surface area (TPSA) is 49.5 Å². The minimum absolute atomic E-state index is 0.292. The Morgan fingerprint density at radius 3 is 2.72 bits per heavy atom. The molecule has 1 heterocycles. The van der Waals surface area contributed by atoms with Crippen LogP contribution in [0.25, 0.3) is 0 Å². The molecule has 1 aliphatic rings. The van der Waals surface area contributed by atoms with E-state index in [1.54, 1.807) is 0 Å². The highest BCUT2D eigenvalue weighted by Gasteiger charge is 2.39. The van der Waals surface area contributed by atoms with Crippen LogP contribution >= 0.6 is 0 Å². The molecule has 0 unspecified atom stereocenters. The van der Waals surface area contributed by atoms with Gasteiger partial charge in [0.05, 0.1) is 5.60 Å². The highest BCUT2D eigenvalue weighted by Crippen LogP contribution is 2.30. The number of piperidine rings is 1. The average molecular weight is 248 g/mol. The zero-order valence-corrected chi connectivity index (χ0v) is 11.2. The quantitative estimate of drug-likeness (QED) is 0.851. The molecular weight excluding hydrogens is 224 g/mol. The summed E-state index contributed by atoms with van der Waals surface area (Å²) in [5, 5.41) is 10.5. The van der Waals surface area contributed by atoms with Gasteiger partial charge in [-0.3, -0.25) is 4.90 Å². The number of nitrogens with two attached hydrogens (primary N) is 1. The van der Waals surface area contributed by atoms with Gasteiger partial charge in [-0.1, -0.05) is 37.3 Å². The van der Waals surface area contributed by atoms with Crippen LogP contribution in [0.5, 0.6) is 0 Å². The second kappa shape index (κ2) is 5.83. The zero-order chi connectivity index (χ0) is 13.0. The van der Waals surface area contributed by atoms with Crippen molar-refractivity contribution in [1.29, 1.82) is 0 Å². The van der Waals surface area contributed by atoms with Gasteiger partial charge < -0.3 is 10.8 Å². The normalized spacial score (nSPS) is 29.4. The first-order valence-electron chi connectivity index (χ1n) is 6.86. The van der Waals surface area contributed by atoms with E-state index in [0.717, 1.165) is 32.5 Å². The Kier molecular flexibility index (Phi) is 4.38. The summed E-state index contributed by atoms with van der Waals surface area (Å²) in [6, 6.07) is 10.5. The molecule has 1 saturated heterocycles. The fourth-order valence-corrected chi connectivity index (χ4v) is 2.89. The third-order valence-corrected chi connectivity index (χ3v) is 4.19. The number of hydrogen-bond donors (Lipinski definition) is 2. The fraction of sp³-hybridized carbons (Fsp3) is 0.600. The lowest BCUT2D eigenvalue weighted by Gasteiger charge is -2.44. The van der Waals surface area contributed by atoms with Gasteiger partial charge in [-0.2, -0.15) is 0 Å². The maximum atomic E-state index is 10.5. The molecule has 1 aromatic carbocycles. The van der Waals surface area contributed by atoms with Crippen LogP contribution in [0.4, 0.5) is 0 Å². The molecule has 3 N–H and O–H groups in total.